The Morgan fingerprint density at radius 3 is 3.11 bits per heavy atom. The van der Waals surface area contributed by atoms with Crippen LogP contribution >= 0.6 is 11.3 Å². The lowest BCUT2D eigenvalue weighted by Gasteiger charge is -2.15. The molecule has 0 unspecified atom stereocenters. The van der Waals surface area contributed by atoms with Gasteiger partial charge in [-0.2, -0.15) is 0 Å². The summed E-state index contributed by atoms with van der Waals surface area (Å²) in [5.74, 6) is 0.309. The highest BCUT2D eigenvalue weighted by atomic mass is 32.1. The van der Waals surface area contributed by atoms with E-state index in [0.717, 1.165) is 0 Å². The average Bonchev–Trinajstić information content (AvgIpc) is 2.77. The largest absolute Gasteiger partial charge is 0.375 e. The van der Waals surface area contributed by atoms with Crippen LogP contribution in [0.4, 0.5) is 0 Å². The maximum Gasteiger partial charge on any atom is 0.268 e. The highest BCUT2D eigenvalue weighted by Crippen LogP contribution is 2.13. The Balaban J connectivity index is 2.21. The minimum atomic E-state index is -0.169. The second-order valence-electron chi connectivity index (χ2n) is 3.83. The van der Waals surface area contributed by atoms with E-state index < -0.39 is 0 Å². The summed E-state index contributed by atoms with van der Waals surface area (Å²) in [7, 11) is 3.10. The van der Waals surface area contributed by atoms with Crippen molar-refractivity contribution in [2.24, 2.45) is 0 Å². The summed E-state index contributed by atoms with van der Waals surface area (Å²) in [6, 6.07) is 1.79. The van der Waals surface area contributed by atoms with E-state index in [9.17, 15) is 9.59 Å². The number of aromatic amines is 1. The first kappa shape index (κ1) is 12.7. The summed E-state index contributed by atoms with van der Waals surface area (Å²) in [6.07, 6.45) is 0. The maximum atomic E-state index is 11.7. The van der Waals surface area contributed by atoms with Gasteiger partial charge in [0.1, 0.15) is 17.1 Å². The molecule has 2 rings (SSSR count). The molecule has 6 nitrogen and oxygen atoms in total. The van der Waals surface area contributed by atoms with Crippen molar-refractivity contribution >= 4 is 27.5 Å². The van der Waals surface area contributed by atoms with E-state index in [1.807, 2.05) is 5.38 Å². The van der Waals surface area contributed by atoms with E-state index in [-0.39, 0.29) is 24.6 Å². The molecule has 2 heterocycles. The predicted molar refractivity (Wildman–Crippen MR) is 68.6 cm³/mol. The number of ether oxygens (including phenoxy) is 1. The van der Waals surface area contributed by atoms with E-state index in [4.69, 9.17) is 4.74 Å². The van der Waals surface area contributed by atoms with E-state index in [0.29, 0.717) is 16.0 Å². The fraction of sp³-hybridized carbons (Fsp3) is 0.364. The van der Waals surface area contributed by atoms with Gasteiger partial charge < -0.3 is 14.6 Å². The Kier molecular flexibility index (Phi) is 3.73. The van der Waals surface area contributed by atoms with Crippen molar-refractivity contribution in [3.05, 3.63) is 27.6 Å². The summed E-state index contributed by atoms with van der Waals surface area (Å²) in [5.41, 5.74) is 0.490. The number of carbonyl (C=O) groups excluding carboxylic acids is 1. The standard InChI is InChI=1S/C11H13N3O3S/c1-14(9(15)6-17-2)5-8-12-7-3-4-18-10(7)11(16)13-8/h3-4H,5-6H2,1-2H3,(H,12,13,16). The summed E-state index contributed by atoms with van der Waals surface area (Å²) in [6.45, 7) is 0.268. The quantitative estimate of drug-likeness (QED) is 0.879. The van der Waals surface area contributed by atoms with E-state index in [1.54, 1.807) is 13.1 Å². The molecule has 1 N–H and O–H groups in total. The third-order valence-electron chi connectivity index (χ3n) is 2.44. The van der Waals surface area contributed by atoms with Crippen LogP contribution in [0.3, 0.4) is 0 Å². The van der Waals surface area contributed by atoms with Gasteiger partial charge in [0.25, 0.3) is 5.56 Å². The molecule has 0 radical (unpaired) electrons. The molecule has 0 atom stereocenters. The Morgan fingerprint density at radius 2 is 2.39 bits per heavy atom. The maximum absolute atomic E-state index is 11.7. The molecular formula is C11H13N3O3S. The number of H-pyrrole nitrogens is 1. The molecule has 0 aliphatic rings. The summed E-state index contributed by atoms with van der Waals surface area (Å²) in [4.78, 5) is 31.7. The van der Waals surface area contributed by atoms with Crippen molar-refractivity contribution < 1.29 is 9.53 Å². The zero-order valence-corrected chi connectivity index (χ0v) is 10.9. The number of nitrogens with one attached hydrogen (secondary N) is 1. The van der Waals surface area contributed by atoms with Crippen LogP contribution in [-0.4, -0.2) is 41.5 Å². The van der Waals surface area contributed by atoms with Gasteiger partial charge in [0.15, 0.2) is 0 Å². The number of likely N-dealkylation sites (N-methyl/N-ethyl adjacent to an activating group) is 1. The third-order valence-corrected chi connectivity index (χ3v) is 3.35. The van der Waals surface area contributed by atoms with Crippen molar-refractivity contribution in [3.8, 4) is 0 Å². The average molecular weight is 267 g/mol. The van der Waals surface area contributed by atoms with Gasteiger partial charge in [-0.25, -0.2) is 4.98 Å². The molecule has 0 fully saturated rings. The lowest BCUT2D eigenvalue weighted by Crippen LogP contribution is -2.30. The lowest BCUT2D eigenvalue weighted by atomic mass is 10.4. The number of carbonyl (C=O) groups is 1. The number of hydrogen-bond acceptors (Lipinski definition) is 5. The molecule has 0 spiro atoms. The smallest absolute Gasteiger partial charge is 0.268 e. The van der Waals surface area contributed by atoms with Crippen LogP contribution in [0, 0.1) is 0 Å². The van der Waals surface area contributed by atoms with Gasteiger partial charge in [-0.15, -0.1) is 11.3 Å². The molecule has 0 bridgehead atoms. The zero-order chi connectivity index (χ0) is 13.1. The molecule has 0 saturated heterocycles. The second-order valence-corrected chi connectivity index (χ2v) is 4.75. The molecule has 18 heavy (non-hydrogen) atoms. The minimum absolute atomic E-state index is 0.0153. The normalized spacial score (nSPS) is 10.8. The third kappa shape index (κ3) is 2.57. The first-order valence-corrected chi connectivity index (χ1v) is 6.19. The molecule has 7 heteroatoms. The number of nitrogens with zero attached hydrogens (tertiary/aromatic N) is 2. The Bertz CT molecular complexity index is 619. The molecule has 96 valence electrons. The monoisotopic (exact) mass is 267 g/mol. The number of thiophene rings is 1. The van der Waals surface area contributed by atoms with Crippen molar-refractivity contribution in [1.82, 2.24) is 14.9 Å². The van der Waals surface area contributed by atoms with Crippen LogP contribution < -0.4 is 5.56 Å². The summed E-state index contributed by atoms with van der Waals surface area (Å²) in [5, 5.41) is 1.82. The number of hydrogen-bond donors (Lipinski definition) is 1. The molecule has 2 aromatic heterocycles. The molecular weight excluding hydrogens is 254 g/mol. The minimum Gasteiger partial charge on any atom is -0.375 e. The SMILES string of the molecule is COCC(=O)N(C)Cc1nc2ccsc2c(=O)[nH]1. The first-order chi connectivity index (χ1) is 8.61. The van der Waals surface area contributed by atoms with E-state index >= 15 is 0 Å². The number of methoxy groups -OCH3 is 1. The van der Waals surface area contributed by atoms with Crippen LogP contribution in [0.5, 0.6) is 0 Å². The molecule has 0 aliphatic carbocycles. The Labute approximate surface area is 107 Å². The van der Waals surface area contributed by atoms with Crippen LogP contribution in [0.25, 0.3) is 10.2 Å². The Morgan fingerprint density at radius 1 is 1.61 bits per heavy atom. The summed E-state index contributed by atoms with van der Waals surface area (Å²) >= 11 is 1.35. The highest BCUT2D eigenvalue weighted by molar-refractivity contribution is 7.17. The van der Waals surface area contributed by atoms with Crippen molar-refractivity contribution in [2.75, 3.05) is 20.8 Å². The summed E-state index contributed by atoms with van der Waals surface area (Å²) < 4.78 is 5.36. The highest BCUT2D eigenvalue weighted by Gasteiger charge is 2.11. The van der Waals surface area contributed by atoms with Gasteiger partial charge in [-0.3, -0.25) is 9.59 Å². The number of fused-ring (bicyclic) bond motifs is 1. The van der Waals surface area contributed by atoms with Gasteiger partial charge in [-0.05, 0) is 11.4 Å². The van der Waals surface area contributed by atoms with Gasteiger partial charge in [0.05, 0.1) is 12.1 Å². The zero-order valence-electron chi connectivity index (χ0n) is 10.1. The molecule has 0 saturated carbocycles. The van der Waals surface area contributed by atoms with E-state index in [2.05, 4.69) is 9.97 Å². The Hall–Kier alpha value is -1.73. The predicted octanol–water partition coefficient (Wildman–Crippen LogP) is 0.589. The van der Waals surface area contributed by atoms with Crippen molar-refractivity contribution in [2.45, 2.75) is 6.54 Å². The van der Waals surface area contributed by atoms with Gasteiger partial charge >= 0.3 is 0 Å². The number of rotatable bonds is 4. The fourth-order valence-electron chi connectivity index (χ4n) is 1.54. The number of aromatic nitrogens is 2. The molecule has 2 aromatic rings. The van der Waals surface area contributed by atoms with Gasteiger partial charge in [0.2, 0.25) is 5.91 Å². The molecule has 0 aromatic carbocycles. The first-order valence-electron chi connectivity index (χ1n) is 5.31. The second kappa shape index (κ2) is 5.28. The van der Waals surface area contributed by atoms with Gasteiger partial charge in [0, 0.05) is 14.2 Å². The van der Waals surface area contributed by atoms with Crippen molar-refractivity contribution in [1.29, 1.82) is 0 Å². The van der Waals surface area contributed by atoms with Crippen LogP contribution in [0.15, 0.2) is 16.2 Å². The van der Waals surface area contributed by atoms with E-state index in [1.165, 1.54) is 23.3 Å². The molecule has 0 aliphatic heterocycles. The topological polar surface area (TPSA) is 75.3 Å². The lowest BCUT2D eigenvalue weighted by molar-refractivity contribution is -0.134. The van der Waals surface area contributed by atoms with Crippen LogP contribution in [0.2, 0.25) is 0 Å². The number of amides is 1. The molecule has 1 amide bonds. The van der Waals surface area contributed by atoms with Crippen LogP contribution in [-0.2, 0) is 16.1 Å². The van der Waals surface area contributed by atoms with Crippen molar-refractivity contribution in [3.63, 3.8) is 0 Å². The van der Waals surface area contributed by atoms with Crippen LogP contribution in [0.1, 0.15) is 5.82 Å². The van der Waals surface area contributed by atoms with Gasteiger partial charge in [-0.1, -0.05) is 0 Å². The fourth-order valence-corrected chi connectivity index (χ4v) is 2.27.